The average molecular weight is 549 g/mol. The van der Waals surface area contributed by atoms with Gasteiger partial charge in [0.15, 0.2) is 5.78 Å². The summed E-state index contributed by atoms with van der Waals surface area (Å²) in [5.41, 5.74) is 6.09. The summed E-state index contributed by atoms with van der Waals surface area (Å²) in [6.45, 7) is 5.04. The maximum absolute atomic E-state index is 10.0. The van der Waals surface area contributed by atoms with Gasteiger partial charge in [0.2, 0.25) is 0 Å². The predicted octanol–water partition coefficient (Wildman–Crippen LogP) is 6.22. The Kier molecular flexibility index (Phi) is 10.2. The minimum atomic E-state index is -0.125. The summed E-state index contributed by atoms with van der Waals surface area (Å²) in [7, 11) is 0. The Labute approximate surface area is 181 Å². The van der Waals surface area contributed by atoms with E-state index in [1.807, 2.05) is 24.3 Å². The van der Waals surface area contributed by atoms with Crippen molar-refractivity contribution in [1.29, 1.82) is 0 Å². The van der Waals surface area contributed by atoms with Crippen molar-refractivity contribution in [2.45, 2.75) is 27.2 Å². The molecule has 0 aliphatic carbocycles. The molecule has 147 valence electrons. The fourth-order valence-electron chi connectivity index (χ4n) is 2.73. The third-order valence-electron chi connectivity index (χ3n) is 3.91. The summed E-state index contributed by atoms with van der Waals surface area (Å²) in [6.07, 6.45) is 2.18. The van der Waals surface area contributed by atoms with E-state index in [1.54, 1.807) is 0 Å². The molecule has 0 amide bonds. The fourth-order valence-corrected chi connectivity index (χ4v) is 2.73. The van der Waals surface area contributed by atoms with Crippen molar-refractivity contribution in [3.05, 3.63) is 96.3 Å². The van der Waals surface area contributed by atoms with Crippen molar-refractivity contribution in [2.24, 2.45) is 0 Å². The first kappa shape index (κ1) is 23.6. The van der Waals surface area contributed by atoms with Gasteiger partial charge in [-0.1, -0.05) is 48.4 Å². The Morgan fingerprint density at radius 2 is 1.68 bits per heavy atom. The molecular formula is C25H24IrO2-2. The van der Waals surface area contributed by atoms with E-state index in [2.05, 4.69) is 61.5 Å². The van der Waals surface area contributed by atoms with Crippen molar-refractivity contribution in [3.63, 3.8) is 0 Å². The second-order valence-corrected chi connectivity index (χ2v) is 6.18. The van der Waals surface area contributed by atoms with Gasteiger partial charge in [-0.05, 0) is 20.3 Å². The molecule has 1 radical (unpaired) electrons. The number of carbonyl (C=O) groups excluding carboxylic acids is 1. The molecular weight excluding hydrogens is 524 g/mol. The van der Waals surface area contributed by atoms with E-state index in [0.717, 1.165) is 17.5 Å². The van der Waals surface area contributed by atoms with E-state index < -0.39 is 0 Å². The minimum Gasteiger partial charge on any atom is -0.512 e. The molecule has 0 heterocycles. The molecule has 0 aromatic heterocycles. The summed E-state index contributed by atoms with van der Waals surface area (Å²) in [5.74, 6) is -0.0625. The minimum absolute atomic E-state index is 0. The molecule has 0 bridgehead atoms. The molecule has 0 atom stereocenters. The molecule has 0 aliphatic rings. The molecule has 0 unspecified atom stereocenters. The molecule has 1 N–H and O–H groups in total. The van der Waals surface area contributed by atoms with E-state index in [0.29, 0.717) is 0 Å². The van der Waals surface area contributed by atoms with E-state index in [1.165, 1.54) is 36.6 Å². The van der Waals surface area contributed by atoms with Crippen LogP contribution in [-0.4, -0.2) is 10.9 Å². The van der Waals surface area contributed by atoms with Gasteiger partial charge in [0.25, 0.3) is 0 Å². The maximum atomic E-state index is 10.0. The van der Waals surface area contributed by atoms with Crippen LogP contribution in [0.2, 0.25) is 0 Å². The number of benzene rings is 3. The Balaban J connectivity index is 0.000000425. The summed E-state index contributed by atoms with van der Waals surface area (Å²) >= 11 is 0. The quantitative estimate of drug-likeness (QED) is 0.239. The standard InChI is InChI=1S/C20H16.C5H8O2.Ir/c1-2-16-15-19(17-9-5-3-6-10-17)13-14-20(16)18-11-7-4-8-12-18;1-4(6)3-5(2)7;/h3-9,11-12,14-15H,2H2,1H3;3,6H,1-2H3;/q-2;;/b;4-3-;. The third kappa shape index (κ3) is 7.26. The molecule has 2 nitrogen and oxygen atoms in total. The van der Waals surface area contributed by atoms with Crippen LogP contribution >= 0.6 is 0 Å². The van der Waals surface area contributed by atoms with Gasteiger partial charge in [-0.3, -0.25) is 4.79 Å². The van der Waals surface area contributed by atoms with Gasteiger partial charge in [-0.25, -0.2) is 11.1 Å². The zero-order valence-corrected chi connectivity index (χ0v) is 18.7. The summed E-state index contributed by atoms with van der Waals surface area (Å²) in [5, 5.41) is 8.36. The molecule has 3 aromatic rings. The number of rotatable bonds is 4. The maximum Gasteiger partial charge on any atom is 0.155 e. The van der Waals surface area contributed by atoms with Gasteiger partial charge >= 0.3 is 0 Å². The second kappa shape index (κ2) is 12.1. The van der Waals surface area contributed by atoms with Crippen LogP contribution in [0.3, 0.4) is 0 Å². The Morgan fingerprint density at radius 3 is 2.18 bits per heavy atom. The third-order valence-corrected chi connectivity index (χ3v) is 3.91. The Bertz CT molecular complexity index is 896. The molecule has 0 aliphatic heterocycles. The van der Waals surface area contributed by atoms with Crippen LogP contribution in [0.4, 0.5) is 0 Å². The first-order valence-corrected chi connectivity index (χ1v) is 8.96. The van der Waals surface area contributed by atoms with Crippen molar-refractivity contribution in [3.8, 4) is 22.3 Å². The summed E-state index contributed by atoms with van der Waals surface area (Å²) < 4.78 is 0. The monoisotopic (exact) mass is 549 g/mol. The van der Waals surface area contributed by atoms with Gasteiger partial charge in [0, 0.05) is 26.2 Å². The van der Waals surface area contributed by atoms with Crippen LogP contribution in [0.15, 0.2) is 78.6 Å². The molecule has 0 spiro atoms. The number of aliphatic hydroxyl groups is 1. The number of allylic oxidation sites excluding steroid dienone is 2. The number of aliphatic hydroxyl groups excluding tert-OH is 1. The SMILES string of the molecule is CC(=O)/C=C(/C)O.CCc1cc(-c2[c-]cccc2)[c-]cc1-c1ccccc1.[Ir]. The van der Waals surface area contributed by atoms with Gasteiger partial charge in [0.1, 0.15) is 0 Å². The normalized spacial score (nSPS) is 10.3. The zero-order valence-electron chi connectivity index (χ0n) is 16.3. The van der Waals surface area contributed by atoms with Crippen LogP contribution in [0.5, 0.6) is 0 Å². The molecule has 0 saturated heterocycles. The fraction of sp³-hybridized carbons (Fsp3) is 0.160. The Hall–Kier alpha value is -2.48. The molecule has 0 fully saturated rings. The molecule has 3 rings (SSSR count). The first-order valence-electron chi connectivity index (χ1n) is 8.96. The first-order chi connectivity index (χ1) is 13.0. The molecule has 28 heavy (non-hydrogen) atoms. The van der Waals surface area contributed by atoms with Crippen molar-refractivity contribution in [2.75, 3.05) is 0 Å². The van der Waals surface area contributed by atoms with Gasteiger partial charge in [0.05, 0.1) is 5.76 Å². The van der Waals surface area contributed by atoms with E-state index >= 15 is 0 Å². The molecule has 3 heteroatoms. The van der Waals surface area contributed by atoms with E-state index in [9.17, 15) is 4.79 Å². The largest absolute Gasteiger partial charge is 0.512 e. The molecule has 0 saturated carbocycles. The smallest absolute Gasteiger partial charge is 0.155 e. The zero-order chi connectivity index (χ0) is 19.6. The van der Waals surface area contributed by atoms with Gasteiger partial charge in [-0.15, -0.1) is 17.7 Å². The summed E-state index contributed by atoms with van der Waals surface area (Å²) in [4.78, 5) is 10.0. The van der Waals surface area contributed by atoms with Crippen molar-refractivity contribution < 1.29 is 30.0 Å². The van der Waals surface area contributed by atoms with Gasteiger partial charge < -0.3 is 5.11 Å². The topological polar surface area (TPSA) is 37.3 Å². The number of carbonyl (C=O) groups is 1. The van der Waals surface area contributed by atoms with Crippen molar-refractivity contribution >= 4 is 5.78 Å². The van der Waals surface area contributed by atoms with Crippen LogP contribution in [0.1, 0.15) is 26.3 Å². The van der Waals surface area contributed by atoms with Crippen LogP contribution in [0, 0.1) is 12.1 Å². The Morgan fingerprint density at radius 1 is 1.00 bits per heavy atom. The number of ketones is 1. The number of hydrogen-bond donors (Lipinski definition) is 1. The number of hydrogen-bond acceptors (Lipinski definition) is 2. The summed E-state index contributed by atoms with van der Waals surface area (Å²) in [6, 6.07) is 29.5. The number of aryl methyl sites for hydroxylation is 1. The van der Waals surface area contributed by atoms with Crippen LogP contribution in [-0.2, 0) is 31.3 Å². The predicted molar refractivity (Wildman–Crippen MR) is 111 cm³/mol. The van der Waals surface area contributed by atoms with Gasteiger partial charge in [-0.2, -0.15) is 36.4 Å². The van der Waals surface area contributed by atoms with E-state index in [4.69, 9.17) is 5.11 Å². The van der Waals surface area contributed by atoms with Crippen molar-refractivity contribution in [1.82, 2.24) is 0 Å². The second-order valence-electron chi connectivity index (χ2n) is 6.18. The van der Waals surface area contributed by atoms with Crippen LogP contribution < -0.4 is 0 Å². The van der Waals surface area contributed by atoms with Crippen LogP contribution in [0.25, 0.3) is 22.3 Å². The molecule has 3 aromatic carbocycles. The van der Waals surface area contributed by atoms with E-state index in [-0.39, 0.29) is 31.6 Å². The average Bonchev–Trinajstić information content (AvgIpc) is 2.68.